The van der Waals surface area contributed by atoms with Gasteiger partial charge in [0.2, 0.25) is 0 Å². The number of nitrogens with one attached hydrogen (secondary N) is 1. The van der Waals surface area contributed by atoms with Gasteiger partial charge in [-0.1, -0.05) is 47.5 Å². The van der Waals surface area contributed by atoms with Crippen molar-refractivity contribution in [2.45, 2.75) is 23.5 Å². The maximum Gasteiger partial charge on any atom is 0.253 e. The van der Waals surface area contributed by atoms with Crippen LogP contribution in [0.4, 0.5) is 4.39 Å². The Hall–Kier alpha value is -1.18. The van der Waals surface area contributed by atoms with Gasteiger partial charge in [0.25, 0.3) is 5.91 Å². The molecule has 4 N–H and O–H groups in total. The highest BCUT2D eigenvalue weighted by Crippen LogP contribution is 2.29. The van der Waals surface area contributed by atoms with Crippen molar-refractivity contribution in [3.8, 4) is 10.4 Å². The molecule has 1 amide bonds. The third-order valence-corrected chi connectivity index (χ3v) is 5.03. The van der Waals surface area contributed by atoms with Crippen molar-refractivity contribution in [3.05, 3.63) is 46.8 Å². The molecule has 1 heterocycles. The zero-order valence-corrected chi connectivity index (χ0v) is 14.9. The lowest BCUT2D eigenvalue weighted by Crippen LogP contribution is -2.43. The number of halogens is 3. The highest BCUT2D eigenvalue weighted by atomic mass is 35.5. The molecule has 0 aliphatic carbocycles. The molecule has 0 radical (unpaired) electrons. The first-order valence-electron chi connectivity index (χ1n) is 7.18. The predicted molar refractivity (Wildman–Crippen MR) is 96.0 cm³/mol. The summed E-state index contributed by atoms with van der Waals surface area (Å²) in [6, 6.07) is 9.86. The lowest BCUT2D eigenvalue weighted by atomic mass is 10.0. The third kappa shape index (κ3) is 4.68. The Kier molecular flexibility index (Phi) is 7.01. The standard InChI is InChI=1S/C16H17Cl2FN2O2S/c17-15(18)16(23)21-12(7-19)14(22)10-3-1-9(2-4-10)13-6-5-11(8-20)24-13/h1-6,12,14-15,22H,7-8,20H2,(H,21,23). The summed E-state index contributed by atoms with van der Waals surface area (Å²) in [5, 5.41) is 12.5. The molecular formula is C16H17Cl2FN2O2S. The molecular weight excluding hydrogens is 374 g/mol. The number of aliphatic hydroxyl groups excluding tert-OH is 1. The third-order valence-electron chi connectivity index (χ3n) is 3.47. The number of amides is 1. The molecule has 130 valence electrons. The Labute approximate surface area is 153 Å². The normalized spacial score (nSPS) is 13.8. The minimum atomic E-state index is -1.32. The van der Waals surface area contributed by atoms with Crippen LogP contribution in [0.25, 0.3) is 10.4 Å². The number of carbonyl (C=O) groups is 1. The molecule has 1 aromatic heterocycles. The first-order valence-corrected chi connectivity index (χ1v) is 8.87. The van der Waals surface area contributed by atoms with Crippen LogP contribution < -0.4 is 11.1 Å². The van der Waals surface area contributed by atoms with Crippen LogP contribution in [0.2, 0.25) is 0 Å². The van der Waals surface area contributed by atoms with E-state index in [0.29, 0.717) is 12.1 Å². The number of alkyl halides is 3. The summed E-state index contributed by atoms with van der Waals surface area (Å²) in [7, 11) is 0. The Morgan fingerprint density at radius 1 is 1.25 bits per heavy atom. The van der Waals surface area contributed by atoms with Gasteiger partial charge in [-0.15, -0.1) is 11.3 Å². The van der Waals surface area contributed by atoms with Crippen molar-refractivity contribution in [2.75, 3.05) is 6.67 Å². The van der Waals surface area contributed by atoms with Crippen LogP contribution in [0, 0.1) is 0 Å². The van der Waals surface area contributed by atoms with Crippen molar-refractivity contribution in [1.82, 2.24) is 5.32 Å². The lowest BCUT2D eigenvalue weighted by Gasteiger charge is -2.22. The molecule has 24 heavy (non-hydrogen) atoms. The van der Waals surface area contributed by atoms with E-state index in [9.17, 15) is 14.3 Å². The number of carbonyl (C=O) groups excluding carboxylic acids is 1. The van der Waals surface area contributed by atoms with E-state index in [-0.39, 0.29) is 0 Å². The quantitative estimate of drug-likeness (QED) is 0.635. The molecule has 0 saturated heterocycles. The molecule has 2 rings (SSSR count). The molecule has 1 aromatic carbocycles. The smallest absolute Gasteiger partial charge is 0.253 e. The summed E-state index contributed by atoms with van der Waals surface area (Å²) in [4.78, 5) is 12.3. The largest absolute Gasteiger partial charge is 0.386 e. The van der Waals surface area contributed by atoms with Gasteiger partial charge in [0.05, 0.1) is 6.04 Å². The maximum absolute atomic E-state index is 13.1. The topological polar surface area (TPSA) is 75.3 Å². The monoisotopic (exact) mass is 390 g/mol. The van der Waals surface area contributed by atoms with Gasteiger partial charge < -0.3 is 16.2 Å². The fraction of sp³-hybridized carbons (Fsp3) is 0.312. The number of hydrogen-bond acceptors (Lipinski definition) is 4. The van der Waals surface area contributed by atoms with Gasteiger partial charge in [-0.05, 0) is 23.3 Å². The second-order valence-electron chi connectivity index (χ2n) is 5.11. The number of rotatable bonds is 7. The fourth-order valence-corrected chi connectivity index (χ4v) is 3.19. The molecule has 2 unspecified atom stereocenters. The number of nitrogens with two attached hydrogens (primary N) is 1. The zero-order chi connectivity index (χ0) is 17.7. The van der Waals surface area contributed by atoms with Gasteiger partial charge in [-0.3, -0.25) is 4.79 Å². The van der Waals surface area contributed by atoms with Gasteiger partial charge in [0.1, 0.15) is 12.8 Å². The summed E-state index contributed by atoms with van der Waals surface area (Å²) in [6.07, 6.45) is -1.21. The van der Waals surface area contributed by atoms with E-state index < -0.39 is 29.6 Å². The zero-order valence-electron chi connectivity index (χ0n) is 12.6. The van der Waals surface area contributed by atoms with Gasteiger partial charge >= 0.3 is 0 Å². The summed E-state index contributed by atoms with van der Waals surface area (Å²) in [5.41, 5.74) is 7.06. The van der Waals surface area contributed by atoms with E-state index in [1.54, 1.807) is 23.5 Å². The average molecular weight is 391 g/mol. The van der Waals surface area contributed by atoms with Crippen molar-refractivity contribution >= 4 is 40.4 Å². The van der Waals surface area contributed by atoms with E-state index in [2.05, 4.69) is 5.32 Å². The molecule has 4 nitrogen and oxygen atoms in total. The van der Waals surface area contributed by atoms with Crippen LogP contribution in [0.1, 0.15) is 16.5 Å². The van der Waals surface area contributed by atoms with Crippen molar-refractivity contribution < 1.29 is 14.3 Å². The first-order chi connectivity index (χ1) is 11.5. The van der Waals surface area contributed by atoms with Crippen LogP contribution >= 0.6 is 34.5 Å². The van der Waals surface area contributed by atoms with Gasteiger partial charge in [-0.25, -0.2) is 4.39 Å². The first kappa shape index (κ1) is 19.1. The van der Waals surface area contributed by atoms with Crippen LogP contribution in [-0.4, -0.2) is 28.6 Å². The number of hydrogen-bond donors (Lipinski definition) is 3. The summed E-state index contributed by atoms with van der Waals surface area (Å²) < 4.78 is 13.1. The van der Waals surface area contributed by atoms with Crippen molar-refractivity contribution in [1.29, 1.82) is 0 Å². The predicted octanol–water partition coefficient (Wildman–Crippen LogP) is 3.17. The van der Waals surface area contributed by atoms with Gasteiger partial charge in [-0.2, -0.15) is 0 Å². The van der Waals surface area contributed by atoms with Crippen LogP contribution in [0.5, 0.6) is 0 Å². The number of thiophene rings is 1. The minimum Gasteiger partial charge on any atom is -0.386 e. The van der Waals surface area contributed by atoms with E-state index in [1.165, 1.54) is 0 Å². The summed E-state index contributed by atoms with van der Waals surface area (Å²) >= 11 is 12.4. The van der Waals surface area contributed by atoms with Crippen LogP contribution in [0.15, 0.2) is 36.4 Å². The molecule has 0 aliphatic heterocycles. The van der Waals surface area contributed by atoms with Crippen molar-refractivity contribution in [2.24, 2.45) is 5.73 Å². The van der Waals surface area contributed by atoms with E-state index >= 15 is 0 Å². The van der Waals surface area contributed by atoms with E-state index in [1.807, 2.05) is 24.3 Å². The second-order valence-corrected chi connectivity index (χ2v) is 7.37. The van der Waals surface area contributed by atoms with Crippen molar-refractivity contribution in [3.63, 3.8) is 0 Å². The fourth-order valence-electron chi connectivity index (χ4n) is 2.17. The Bertz CT molecular complexity index is 679. The van der Waals surface area contributed by atoms with E-state index in [0.717, 1.165) is 15.3 Å². The van der Waals surface area contributed by atoms with Crippen LogP contribution in [0.3, 0.4) is 0 Å². The average Bonchev–Trinajstić information content (AvgIpc) is 3.08. The van der Waals surface area contributed by atoms with E-state index in [4.69, 9.17) is 28.9 Å². The molecule has 0 bridgehead atoms. The lowest BCUT2D eigenvalue weighted by molar-refractivity contribution is -0.121. The molecule has 0 spiro atoms. The number of aliphatic hydroxyl groups is 1. The maximum atomic E-state index is 13.1. The molecule has 0 aliphatic rings. The Balaban J connectivity index is 2.12. The highest BCUT2D eigenvalue weighted by Gasteiger charge is 2.25. The Morgan fingerprint density at radius 3 is 2.42 bits per heavy atom. The molecule has 8 heteroatoms. The summed E-state index contributed by atoms with van der Waals surface area (Å²) in [6.45, 7) is -0.457. The minimum absolute atomic E-state index is 0.484. The number of benzene rings is 1. The highest BCUT2D eigenvalue weighted by molar-refractivity contribution is 7.15. The summed E-state index contributed by atoms with van der Waals surface area (Å²) in [5.74, 6) is -0.746. The van der Waals surface area contributed by atoms with Gasteiger partial charge in [0.15, 0.2) is 4.84 Å². The molecule has 0 fully saturated rings. The molecule has 0 saturated carbocycles. The van der Waals surface area contributed by atoms with Crippen LogP contribution in [-0.2, 0) is 11.3 Å². The molecule has 2 atom stereocenters. The SMILES string of the molecule is NCc1ccc(-c2ccc(C(O)C(CF)NC(=O)C(Cl)Cl)cc2)s1. The second kappa shape index (κ2) is 8.78. The molecule has 2 aromatic rings. The Morgan fingerprint density at radius 2 is 1.92 bits per heavy atom. The van der Waals surface area contributed by atoms with Gasteiger partial charge in [0, 0.05) is 16.3 Å².